The zero-order chi connectivity index (χ0) is 16.1. The van der Waals surface area contributed by atoms with Gasteiger partial charge in [-0.15, -0.1) is 0 Å². The van der Waals surface area contributed by atoms with Crippen molar-refractivity contribution in [3.8, 4) is 0 Å². The molecule has 2 amide bonds. The van der Waals surface area contributed by atoms with Crippen molar-refractivity contribution in [1.29, 1.82) is 0 Å². The number of carbonyl (C=O) groups is 2. The lowest BCUT2D eigenvalue weighted by molar-refractivity contribution is -0.144. The van der Waals surface area contributed by atoms with Gasteiger partial charge in [0.15, 0.2) is 0 Å². The lowest BCUT2D eigenvalue weighted by Crippen LogP contribution is -2.54. The van der Waals surface area contributed by atoms with Crippen molar-refractivity contribution in [3.63, 3.8) is 0 Å². The van der Waals surface area contributed by atoms with Crippen LogP contribution in [0.15, 0.2) is 24.3 Å². The highest BCUT2D eigenvalue weighted by Crippen LogP contribution is 2.25. The zero-order valence-corrected chi connectivity index (χ0v) is 13.2. The normalized spacial score (nSPS) is 18.5. The Balaban J connectivity index is 2.26. The summed E-state index contributed by atoms with van der Waals surface area (Å²) in [6.07, 6.45) is 1.28. The number of hydrogen-bond acceptors (Lipinski definition) is 3. The van der Waals surface area contributed by atoms with Gasteiger partial charge in [0.2, 0.25) is 11.8 Å². The standard InChI is InChI=1S/C17H24N2O3/c1-3-12(2)17(22)19-11-14-7-5-4-6-13(14)10-15(19)16(21)18-8-9-20/h4-7,12,15,20H,3,8-11H2,1-2H3,(H,18,21). The van der Waals surface area contributed by atoms with Crippen molar-refractivity contribution in [3.05, 3.63) is 35.4 Å². The Labute approximate surface area is 131 Å². The van der Waals surface area contributed by atoms with Crippen LogP contribution in [0.4, 0.5) is 0 Å². The van der Waals surface area contributed by atoms with Crippen molar-refractivity contribution in [2.45, 2.75) is 39.3 Å². The molecule has 120 valence electrons. The van der Waals surface area contributed by atoms with E-state index in [9.17, 15) is 9.59 Å². The van der Waals surface area contributed by atoms with Gasteiger partial charge >= 0.3 is 0 Å². The van der Waals surface area contributed by atoms with E-state index in [-0.39, 0.29) is 30.9 Å². The summed E-state index contributed by atoms with van der Waals surface area (Å²) in [6, 6.07) is 7.42. The first kappa shape index (κ1) is 16.5. The minimum Gasteiger partial charge on any atom is -0.395 e. The summed E-state index contributed by atoms with van der Waals surface area (Å²) in [5.41, 5.74) is 2.21. The zero-order valence-electron chi connectivity index (χ0n) is 13.2. The number of carbonyl (C=O) groups excluding carboxylic acids is 2. The van der Waals surface area contributed by atoms with Crippen molar-refractivity contribution >= 4 is 11.8 Å². The van der Waals surface area contributed by atoms with Crippen LogP contribution in [0.2, 0.25) is 0 Å². The first-order valence-corrected chi connectivity index (χ1v) is 7.84. The van der Waals surface area contributed by atoms with E-state index in [0.29, 0.717) is 13.0 Å². The molecule has 5 nitrogen and oxygen atoms in total. The molecule has 22 heavy (non-hydrogen) atoms. The number of nitrogens with one attached hydrogen (secondary N) is 1. The average molecular weight is 304 g/mol. The lowest BCUT2D eigenvalue weighted by Gasteiger charge is -2.37. The van der Waals surface area contributed by atoms with Crippen molar-refractivity contribution in [1.82, 2.24) is 10.2 Å². The molecule has 0 fully saturated rings. The Hall–Kier alpha value is -1.88. The second-order valence-electron chi connectivity index (χ2n) is 5.78. The highest BCUT2D eigenvalue weighted by atomic mass is 16.3. The fourth-order valence-corrected chi connectivity index (χ4v) is 2.74. The molecule has 0 spiro atoms. The first-order chi connectivity index (χ1) is 10.6. The van der Waals surface area contributed by atoms with E-state index < -0.39 is 6.04 Å². The molecule has 1 aromatic rings. The second kappa shape index (κ2) is 7.40. The van der Waals surface area contributed by atoms with Crippen molar-refractivity contribution in [2.24, 2.45) is 5.92 Å². The molecular formula is C17H24N2O3. The molecule has 0 saturated carbocycles. The Morgan fingerprint density at radius 3 is 2.68 bits per heavy atom. The highest BCUT2D eigenvalue weighted by molar-refractivity contribution is 5.89. The van der Waals surface area contributed by atoms with Crippen LogP contribution in [0.25, 0.3) is 0 Å². The van der Waals surface area contributed by atoms with E-state index in [1.165, 1.54) is 0 Å². The number of benzene rings is 1. The third-order valence-electron chi connectivity index (χ3n) is 4.28. The van der Waals surface area contributed by atoms with Crippen LogP contribution in [0.5, 0.6) is 0 Å². The van der Waals surface area contributed by atoms with Crippen LogP contribution >= 0.6 is 0 Å². The molecule has 0 saturated heterocycles. The Kier molecular flexibility index (Phi) is 5.55. The van der Waals surface area contributed by atoms with E-state index in [2.05, 4.69) is 5.32 Å². The predicted molar refractivity (Wildman–Crippen MR) is 84.0 cm³/mol. The predicted octanol–water partition coefficient (Wildman–Crippen LogP) is 1.09. The monoisotopic (exact) mass is 304 g/mol. The number of nitrogens with zero attached hydrogens (tertiary/aromatic N) is 1. The summed E-state index contributed by atoms with van der Waals surface area (Å²) < 4.78 is 0. The number of hydrogen-bond donors (Lipinski definition) is 2. The van der Waals surface area contributed by atoms with Gasteiger partial charge in [-0.05, 0) is 17.5 Å². The van der Waals surface area contributed by atoms with E-state index in [1.54, 1.807) is 4.90 Å². The maximum absolute atomic E-state index is 12.6. The van der Waals surface area contributed by atoms with Gasteiger partial charge in [0, 0.05) is 25.4 Å². The van der Waals surface area contributed by atoms with Crippen LogP contribution in [-0.4, -0.2) is 41.0 Å². The van der Waals surface area contributed by atoms with E-state index in [4.69, 9.17) is 5.11 Å². The molecule has 0 radical (unpaired) electrons. The molecule has 0 aromatic heterocycles. The molecule has 5 heteroatoms. The third-order valence-corrected chi connectivity index (χ3v) is 4.28. The van der Waals surface area contributed by atoms with Crippen LogP contribution in [0, 0.1) is 5.92 Å². The minimum atomic E-state index is -0.497. The summed E-state index contributed by atoms with van der Waals surface area (Å²) in [4.78, 5) is 26.7. The van der Waals surface area contributed by atoms with E-state index in [0.717, 1.165) is 17.5 Å². The van der Waals surface area contributed by atoms with Gasteiger partial charge < -0.3 is 15.3 Å². The topological polar surface area (TPSA) is 69.6 Å². The molecule has 1 heterocycles. The van der Waals surface area contributed by atoms with Gasteiger partial charge in [-0.1, -0.05) is 38.1 Å². The third kappa shape index (κ3) is 3.47. The number of rotatable bonds is 5. The fraction of sp³-hybridized carbons (Fsp3) is 0.529. The first-order valence-electron chi connectivity index (χ1n) is 7.84. The van der Waals surface area contributed by atoms with Crippen LogP contribution in [0.1, 0.15) is 31.4 Å². The van der Waals surface area contributed by atoms with Crippen LogP contribution in [-0.2, 0) is 22.6 Å². The van der Waals surface area contributed by atoms with Crippen LogP contribution in [0.3, 0.4) is 0 Å². The average Bonchev–Trinajstić information content (AvgIpc) is 2.56. The molecule has 2 atom stereocenters. The van der Waals surface area contributed by atoms with Gasteiger partial charge in [0.1, 0.15) is 6.04 Å². The molecule has 2 rings (SSSR count). The van der Waals surface area contributed by atoms with Gasteiger partial charge in [-0.2, -0.15) is 0 Å². The largest absolute Gasteiger partial charge is 0.395 e. The van der Waals surface area contributed by atoms with Crippen molar-refractivity contribution in [2.75, 3.05) is 13.2 Å². The summed E-state index contributed by atoms with van der Waals surface area (Å²) in [7, 11) is 0. The summed E-state index contributed by atoms with van der Waals surface area (Å²) in [6.45, 7) is 4.44. The molecule has 0 bridgehead atoms. The molecule has 2 unspecified atom stereocenters. The Bertz CT molecular complexity index is 544. The molecule has 0 aliphatic carbocycles. The molecule has 1 aliphatic heterocycles. The maximum atomic E-state index is 12.6. The Morgan fingerprint density at radius 2 is 2.05 bits per heavy atom. The van der Waals surface area contributed by atoms with Gasteiger partial charge in [-0.25, -0.2) is 0 Å². The van der Waals surface area contributed by atoms with Gasteiger partial charge in [-0.3, -0.25) is 9.59 Å². The highest BCUT2D eigenvalue weighted by Gasteiger charge is 2.35. The second-order valence-corrected chi connectivity index (χ2v) is 5.78. The quantitative estimate of drug-likeness (QED) is 0.855. The van der Waals surface area contributed by atoms with Gasteiger partial charge in [0.05, 0.1) is 6.61 Å². The SMILES string of the molecule is CCC(C)C(=O)N1Cc2ccccc2CC1C(=O)NCCO. The Morgan fingerprint density at radius 1 is 1.36 bits per heavy atom. The molecule has 2 N–H and O–H groups in total. The van der Waals surface area contributed by atoms with E-state index >= 15 is 0 Å². The van der Waals surface area contributed by atoms with Gasteiger partial charge in [0.25, 0.3) is 0 Å². The number of aliphatic hydroxyl groups excluding tert-OH is 1. The summed E-state index contributed by atoms with van der Waals surface area (Å²) in [5.74, 6) is -0.278. The number of amides is 2. The lowest BCUT2D eigenvalue weighted by atomic mass is 9.92. The van der Waals surface area contributed by atoms with E-state index in [1.807, 2.05) is 38.1 Å². The van der Waals surface area contributed by atoms with Crippen molar-refractivity contribution < 1.29 is 14.7 Å². The van der Waals surface area contributed by atoms with Crippen LogP contribution < -0.4 is 5.32 Å². The number of fused-ring (bicyclic) bond motifs is 1. The molecule has 1 aromatic carbocycles. The minimum absolute atomic E-state index is 0.0150. The fourth-order valence-electron chi connectivity index (χ4n) is 2.74. The molecular weight excluding hydrogens is 280 g/mol. The molecule has 1 aliphatic rings. The summed E-state index contributed by atoms with van der Waals surface area (Å²) >= 11 is 0. The number of aliphatic hydroxyl groups is 1. The smallest absolute Gasteiger partial charge is 0.243 e. The summed E-state index contributed by atoms with van der Waals surface area (Å²) in [5, 5.41) is 11.6. The maximum Gasteiger partial charge on any atom is 0.243 e.